The molecule has 9 rings (SSSR count). The fourth-order valence-electron chi connectivity index (χ4n) is 6.45. The molecule has 0 saturated heterocycles. The topological polar surface area (TPSA) is 43.9 Å². The highest BCUT2D eigenvalue weighted by Gasteiger charge is 2.19. The van der Waals surface area contributed by atoms with Gasteiger partial charge in [0.25, 0.3) is 0 Å². The van der Waals surface area contributed by atoms with Crippen molar-refractivity contribution in [3.63, 3.8) is 0 Å². The second-order valence-electron chi connectivity index (χ2n) is 10.6. The molecule has 0 saturated carbocycles. The van der Waals surface area contributed by atoms with Crippen LogP contribution in [0.2, 0.25) is 0 Å². The van der Waals surface area contributed by atoms with Crippen LogP contribution in [0.5, 0.6) is 0 Å². The van der Waals surface area contributed by atoms with E-state index in [9.17, 15) is 0 Å². The summed E-state index contributed by atoms with van der Waals surface area (Å²) in [7, 11) is 0. The van der Waals surface area contributed by atoms with E-state index in [4.69, 9.17) is 14.4 Å². The van der Waals surface area contributed by atoms with E-state index in [0.29, 0.717) is 0 Å². The van der Waals surface area contributed by atoms with Crippen LogP contribution in [0.1, 0.15) is 0 Å². The smallest absolute Gasteiger partial charge is 0.138 e. The second-order valence-corrected chi connectivity index (χ2v) is 10.6. The normalized spacial score (nSPS) is 11.8. The molecule has 196 valence electrons. The Hall–Kier alpha value is -5.74. The number of rotatable bonds is 3. The number of nitrogens with zero attached hydrogens (tertiary/aromatic N) is 3. The van der Waals surface area contributed by atoms with Crippen LogP contribution in [0.3, 0.4) is 0 Å². The molecule has 4 aromatic heterocycles. The molecule has 0 aliphatic carbocycles. The minimum absolute atomic E-state index is 0.842. The minimum Gasteiger partial charge on any atom is -0.456 e. The van der Waals surface area contributed by atoms with Crippen molar-refractivity contribution in [3.05, 3.63) is 140 Å². The summed E-state index contributed by atoms with van der Waals surface area (Å²) in [6.07, 6.45) is 3.71. The summed E-state index contributed by atoms with van der Waals surface area (Å²) < 4.78 is 8.82. The Morgan fingerprint density at radius 1 is 0.524 bits per heavy atom. The summed E-state index contributed by atoms with van der Waals surface area (Å²) in [5, 5.41) is 5.71. The Bertz CT molecular complexity index is 2460. The van der Waals surface area contributed by atoms with Gasteiger partial charge >= 0.3 is 0 Å². The van der Waals surface area contributed by atoms with Crippen LogP contribution in [-0.4, -0.2) is 14.5 Å². The molecule has 4 heterocycles. The van der Waals surface area contributed by atoms with Crippen molar-refractivity contribution in [2.24, 2.45) is 0 Å². The summed E-state index contributed by atoms with van der Waals surface area (Å²) in [5.74, 6) is 0. The number of aromatic nitrogens is 3. The molecule has 0 bridgehead atoms. The number of hydrogen-bond donors (Lipinski definition) is 0. The van der Waals surface area contributed by atoms with Crippen molar-refractivity contribution in [3.8, 4) is 28.1 Å². The Kier molecular flexibility index (Phi) is 4.87. The van der Waals surface area contributed by atoms with E-state index < -0.39 is 0 Å². The molecular weight excluding hydrogens is 514 g/mol. The van der Waals surface area contributed by atoms with Crippen molar-refractivity contribution >= 4 is 54.6 Å². The molecule has 0 aliphatic rings. The van der Waals surface area contributed by atoms with E-state index in [1.165, 1.54) is 10.8 Å². The fraction of sp³-hybridized carbons (Fsp3) is 0. The van der Waals surface area contributed by atoms with E-state index in [-0.39, 0.29) is 0 Å². The fourth-order valence-corrected chi connectivity index (χ4v) is 6.45. The molecule has 0 unspecified atom stereocenters. The number of benzene rings is 5. The van der Waals surface area contributed by atoms with Crippen molar-refractivity contribution in [2.75, 3.05) is 0 Å². The molecule has 9 aromatic rings. The van der Waals surface area contributed by atoms with Gasteiger partial charge in [-0.1, -0.05) is 78.9 Å². The zero-order valence-corrected chi connectivity index (χ0v) is 22.5. The molecule has 4 nitrogen and oxygen atoms in total. The lowest BCUT2D eigenvalue weighted by molar-refractivity contribution is 0.668. The average molecular weight is 538 g/mol. The third-order valence-electron chi connectivity index (χ3n) is 8.28. The molecule has 0 spiro atoms. The minimum atomic E-state index is 0.842. The Labute approximate surface area is 241 Å². The summed E-state index contributed by atoms with van der Waals surface area (Å²) in [4.78, 5) is 9.49. The highest BCUT2D eigenvalue weighted by Crippen LogP contribution is 2.41. The highest BCUT2D eigenvalue weighted by molar-refractivity contribution is 6.14. The molecule has 0 fully saturated rings. The number of furan rings is 1. The third kappa shape index (κ3) is 3.36. The standard InChI is InChI=1S/C38H23N3O/c1-3-15-33-28(11-1)29-18-17-25(27-13-7-9-24-10-8-20-40-38(24)27)21-34(29)41(33)26-22-31(32-14-5-6-19-39-32)37-30-12-2-4-16-35(30)42-36(37)23-26/h1-23H. The summed E-state index contributed by atoms with van der Waals surface area (Å²) >= 11 is 0. The zero-order valence-electron chi connectivity index (χ0n) is 22.5. The Morgan fingerprint density at radius 2 is 1.33 bits per heavy atom. The predicted molar refractivity (Wildman–Crippen MR) is 172 cm³/mol. The molecule has 0 aliphatic heterocycles. The van der Waals surface area contributed by atoms with Crippen molar-refractivity contribution < 1.29 is 4.42 Å². The molecule has 0 amide bonds. The first-order valence-electron chi connectivity index (χ1n) is 14.1. The van der Waals surface area contributed by atoms with Gasteiger partial charge in [-0.2, -0.15) is 0 Å². The zero-order chi connectivity index (χ0) is 27.6. The van der Waals surface area contributed by atoms with E-state index in [2.05, 4.69) is 102 Å². The number of para-hydroxylation sites is 3. The van der Waals surface area contributed by atoms with Gasteiger partial charge in [-0.05, 0) is 48.0 Å². The number of hydrogen-bond acceptors (Lipinski definition) is 3. The van der Waals surface area contributed by atoms with Crippen molar-refractivity contribution in [1.29, 1.82) is 0 Å². The van der Waals surface area contributed by atoms with Crippen molar-refractivity contribution in [1.82, 2.24) is 14.5 Å². The quantitative estimate of drug-likeness (QED) is 0.225. The van der Waals surface area contributed by atoms with E-state index >= 15 is 0 Å². The Morgan fingerprint density at radius 3 is 2.26 bits per heavy atom. The SMILES string of the molecule is c1ccc(-c2cc(-n3c4ccccc4c4ccc(-c5cccc6cccnc56)cc43)cc3oc4ccccc4c23)nc1. The van der Waals surface area contributed by atoms with Gasteiger partial charge < -0.3 is 8.98 Å². The summed E-state index contributed by atoms with van der Waals surface area (Å²) in [6, 6.07) is 44.5. The van der Waals surface area contributed by atoms with Crippen LogP contribution < -0.4 is 0 Å². The number of pyridine rings is 2. The molecule has 5 aromatic carbocycles. The molecular formula is C38H23N3O. The van der Waals surface area contributed by atoms with Crippen molar-refractivity contribution in [2.45, 2.75) is 0 Å². The van der Waals surface area contributed by atoms with Crippen LogP contribution in [0.25, 0.3) is 82.7 Å². The van der Waals surface area contributed by atoms with Crippen LogP contribution in [-0.2, 0) is 0 Å². The second kappa shape index (κ2) is 8.88. The first-order valence-corrected chi connectivity index (χ1v) is 14.1. The maximum absolute atomic E-state index is 6.47. The van der Waals surface area contributed by atoms with Gasteiger partial charge in [0.05, 0.1) is 27.9 Å². The summed E-state index contributed by atoms with van der Waals surface area (Å²) in [5.41, 5.74) is 10.2. The van der Waals surface area contributed by atoms with E-state index in [1.54, 1.807) is 0 Å². The maximum Gasteiger partial charge on any atom is 0.138 e. The molecule has 4 heteroatoms. The van der Waals surface area contributed by atoms with Gasteiger partial charge in [-0.25, -0.2) is 0 Å². The maximum atomic E-state index is 6.47. The molecule has 0 radical (unpaired) electrons. The van der Waals surface area contributed by atoms with Crippen LogP contribution >= 0.6 is 0 Å². The lowest BCUT2D eigenvalue weighted by Crippen LogP contribution is -1.96. The van der Waals surface area contributed by atoms with Gasteiger partial charge in [0.2, 0.25) is 0 Å². The highest BCUT2D eigenvalue weighted by atomic mass is 16.3. The largest absolute Gasteiger partial charge is 0.456 e. The predicted octanol–water partition coefficient (Wildman–Crippen LogP) is 9.96. The number of fused-ring (bicyclic) bond motifs is 7. The summed E-state index contributed by atoms with van der Waals surface area (Å²) in [6.45, 7) is 0. The van der Waals surface area contributed by atoms with Crippen LogP contribution in [0, 0.1) is 0 Å². The monoisotopic (exact) mass is 537 g/mol. The van der Waals surface area contributed by atoms with Gasteiger partial charge in [0, 0.05) is 56.5 Å². The first-order chi connectivity index (χ1) is 20.8. The van der Waals surface area contributed by atoms with E-state index in [1.807, 2.05) is 42.7 Å². The lowest BCUT2D eigenvalue weighted by Gasteiger charge is -2.12. The van der Waals surface area contributed by atoms with Gasteiger partial charge in [0.1, 0.15) is 11.2 Å². The molecule has 0 atom stereocenters. The van der Waals surface area contributed by atoms with Gasteiger partial charge in [-0.3, -0.25) is 9.97 Å². The third-order valence-corrected chi connectivity index (χ3v) is 8.28. The first kappa shape index (κ1) is 23.0. The average Bonchev–Trinajstić information content (AvgIpc) is 3.60. The molecule has 42 heavy (non-hydrogen) atoms. The lowest BCUT2D eigenvalue weighted by atomic mass is 10.0. The Balaban J connectivity index is 1.38. The van der Waals surface area contributed by atoms with Crippen LogP contribution in [0.15, 0.2) is 144 Å². The molecule has 0 N–H and O–H groups in total. The van der Waals surface area contributed by atoms with Crippen LogP contribution in [0.4, 0.5) is 0 Å². The van der Waals surface area contributed by atoms with E-state index in [0.717, 1.165) is 71.9 Å². The van der Waals surface area contributed by atoms with Gasteiger partial charge in [0.15, 0.2) is 0 Å². The van der Waals surface area contributed by atoms with Gasteiger partial charge in [-0.15, -0.1) is 0 Å².